The van der Waals surface area contributed by atoms with Crippen LogP contribution in [0.4, 0.5) is 0 Å². The molecule has 0 unspecified atom stereocenters. The first-order valence-electron chi connectivity index (χ1n) is 24.4. The summed E-state index contributed by atoms with van der Waals surface area (Å²) >= 11 is 0. The molecule has 0 aliphatic carbocycles. The summed E-state index contributed by atoms with van der Waals surface area (Å²) < 4.78 is 0. The number of aliphatic carboxylic acids is 4. The van der Waals surface area contributed by atoms with Crippen molar-refractivity contribution >= 4 is 87.9 Å². The van der Waals surface area contributed by atoms with Gasteiger partial charge in [-0.05, 0) is 63.6 Å². The Bertz CT molecular complexity index is 2450. The van der Waals surface area contributed by atoms with Crippen molar-refractivity contribution in [1.82, 2.24) is 52.8 Å². The Labute approximate surface area is 440 Å². The summed E-state index contributed by atoms with van der Waals surface area (Å²) in [7, 11) is 0. The van der Waals surface area contributed by atoms with Gasteiger partial charge in [-0.25, -0.2) is 0 Å². The molecular weight excluding hydrogens is 1020 g/mol. The quantitative estimate of drug-likeness (QED) is 0.0288. The maximum Gasteiger partial charge on any atom is 0.325 e. The molecule has 19 N–H and O–H groups in total. The number of fused-ring (bicyclic) bond motifs is 1. The monoisotopic (exact) mass is 1090 g/mol. The fraction of sp³-hybridized carbons (Fsp3) is 0.553. The van der Waals surface area contributed by atoms with Crippen molar-refractivity contribution < 1.29 is 87.9 Å². The number of aliphatic hydroxyl groups is 1. The summed E-state index contributed by atoms with van der Waals surface area (Å²) in [5, 5.41) is 68.8. The number of unbranched alkanes of at least 4 members (excludes halogenated alkanes) is 1. The van der Waals surface area contributed by atoms with Gasteiger partial charge in [-0.2, -0.15) is 0 Å². The average molecular weight is 1090 g/mol. The summed E-state index contributed by atoms with van der Waals surface area (Å²) in [5.41, 5.74) is 12.3. The minimum absolute atomic E-state index is 0.125. The summed E-state index contributed by atoms with van der Waals surface area (Å²) in [4.78, 5) is 170. The van der Waals surface area contributed by atoms with Crippen LogP contribution in [0.15, 0.2) is 30.5 Å². The van der Waals surface area contributed by atoms with Gasteiger partial charge in [-0.1, -0.05) is 38.5 Å². The molecule has 30 nitrogen and oxygen atoms in total. The molecule has 0 saturated carbocycles. The average Bonchev–Trinajstić information content (AvgIpc) is 3.78. The lowest BCUT2D eigenvalue weighted by atomic mass is 9.96. The second-order valence-electron chi connectivity index (χ2n) is 18.0. The normalized spacial score (nSPS) is 14.9. The van der Waals surface area contributed by atoms with Crippen molar-refractivity contribution in [1.29, 1.82) is 0 Å². The highest BCUT2D eigenvalue weighted by Gasteiger charge is 2.36. The van der Waals surface area contributed by atoms with Crippen LogP contribution in [0.2, 0.25) is 0 Å². The number of aliphatic hydroxyl groups excluding tert-OH is 1. The number of carboxylic acids is 4. The van der Waals surface area contributed by atoms with Gasteiger partial charge in [0.25, 0.3) is 0 Å². The van der Waals surface area contributed by atoms with E-state index in [0.717, 1.165) is 0 Å². The molecule has 1 aromatic heterocycles. The molecule has 0 fully saturated rings. The summed E-state index contributed by atoms with van der Waals surface area (Å²) in [6.07, 6.45) is -1.47. The first-order valence-corrected chi connectivity index (χ1v) is 24.4. The molecule has 10 atom stereocenters. The van der Waals surface area contributed by atoms with Crippen LogP contribution in [0.3, 0.4) is 0 Å². The Morgan fingerprint density at radius 1 is 0.584 bits per heavy atom. The molecule has 0 aliphatic rings. The molecule has 1 aromatic carbocycles. The fourth-order valence-corrected chi connectivity index (χ4v) is 7.25. The zero-order chi connectivity index (χ0) is 58.1. The van der Waals surface area contributed by atoms with Crippen molar-refractivity contribution in [2.24, 2.45) is 17.4 Å². The Morgan fingerprint density at radius 2 is 1.14 bits per heavy atom. The third-order valence-corrected chi connectivity index (χ3v) is 11.9. The van der Waals surface area contributed by atoms with Crippen LogP contribution in [0.1, 0.15) is 84.6 Å². The standard InChI is InChI=1S/C47H70N12O18/c1-5-22(2)38(46(75)58-33(21-60)41(70)51-20-34(61)52-23(3)39(68)53-24(4)47(76)77)59-45(74)31(16-25-19-50-28-11-7-6-10-26(25)28)56-43(72)30(13-14-35(62)63)55-44(73)32(18-37(66)67)57-42(71)29(12-8-9-15-48)54-40(69)27(49)17-36(64)65/h6-7,10-11,19,22-24,27,29-33,38,50,60H,5,8-9,12-18,20-21,48-49H2,1-4H3,(H,51,70)(H,52,61)(H,53,68)(H,54,69)(H,55,73)(H,56,72)(H,57,71)(H,58,75)(H,59,74)(H,62,63)(H,64,65)(H,66,67)(H,76,77)/t22-,23-,24-,27-,29-,30-,31-,32-,33-,38-/m0/s1. The molecule has 2 rings (SSSR count). The van der Waals surface area contributed by atoms with Gasteiger partial charge in [0.15, 0.2) is 0 Å². The molecule has 2 aromatic rings. The Morgan fingerprint density at radius 3 is 1.73 bits per heavy atom. The number of carbonyl (C=O) groups excluding carboxylic acids is 9. The molecule has 0 bridgehead atoms. The van der Waals surface area contributed by atoms with Gasteiger partial charge in [-0.3, -0.25) is 62.3 Å². The van der Waals surface area contributed by atoms with Crippen molar-refractivity contribution in [3.8, 4) is 0 Å². The number of nitrogens with one attached hydrogen (secondary N) is 10. The van der Waals surface area contributed by atoms with Gasteiger partial charge in [0, 0.05) is 29.9 Å². The Hall–Kier alpha value is -8.25. The van der Waals surface area contributed by atoms with Gasteiger partial charge in [0.05, 0.1) is 32.0 Å². The predicted octanol–water partition coefficient (Wildman–Crippen LogP) is -4.86. The van der Waals surface area contributed by atoms with Crippen molar-refractivity contribution in [3.05, 3.63) is 36.0 Å². The van der Waals surface area contributed by atoms with E-state index in [1.807, 2.05) is 0 Å². The largest absolute Gasteiger partial charge is 0.481 e. The Balaban J connectivity index is 2.45. The third kappa shape index (κ3) is 22.2. The van der Waals surface area contributed by atoms with Crippen LogP contribution in [0, 0.1) is 5.92 Å². The van der Waals surface area contributed by atoms with Gasteiger partial charge in [0.2, 0.25) is 53.2 Å². The van der Waals surface area contributed by atoms with Crippen molar-refractivity contribution in [2.75, 3.05) is 19.7 Å². The molecule has 1 heterocycles. The smallest absolute Gasteiger partial charge is 0.325 e. The maximum absolute atomic E-state index is 14.4. The van der Waals surface area contributed by atoms with Crippen LogP contribution in [-0.2, 0) is 68.7 Å². The summed E-state index contributed by atoms with van der Waals surface area (Å²) in [6, 6.07) is -7.45. The zero-order valence-corrected chi connectivity index (χ0v) is 42.8. The minimum Gasteiger partial charge on any atom is -0.481 e. The lowest BCUT2D eigenvalue weighted by Crippen LogP contribution is -2.61. The van der Waals surface area contributed by atoms with Crippen LogP contribution >= 0.6 is 0 Å². The highest BCUT2D eigenvalue weighted by Crippen LogP contribution is 2.20. The third-order valence-electron chi connectivity index (χ3n) is 11.9. The molecule has 0 saturated heterocycles. The topological polar surface area (TPSA) is 499 Å². The number of rotatable bonds is 35. The second kappa shape index (κ2) is 32.2. The zero-order valence-electron chi connectivity index (χ0n) is 42.8. The SMILES string of the molecule is CC[C@H](C)[C@H](NC(=O)[C@H](Cc1c[nH]c2ccccc12)NC(=O)[C@H](CCC(=O)O)NC(=O)[C@H](CC(=O)O)NC(=O)[C@H](CCCCN)NC(=O)[C@@H](N)CC(=O)O)C(=O)N[C@@H](CO)C(=O)NCC(=O)N[C@@H](C)C(=O)N[C@@H](C)C(=O)O. The number of hydrogen-bond acceptors (Lipinski definition) is 16. The number of hydrogen-bond donors (Lipinski definition) is 17. The molecule has 9 amide bonds. The van der Waals surface area contributed by atoms with Gasteiger partial charge in [0.1, 0.15) is 48.3 Å². The molecule has 0 aliphatic heterocycles. The van der Waals surface area contributed by atoms with E-state index < -0.39 is 176 Å². The summed E-state index contributed by atoms with van der Waals surface area (Å²) in [5.74, 6) is -16.1. The molecule has 0 spiro atoms. The van der Waals surface area contributed by atoms with E-state index in [0.29, 0.717) is 22.9 Å². The number of aromatic amines is 1. The fourth-order valence-electron chi connectivity index (χ4n) is 7.25. The van der Waals surface area contributed by atoms with E-state index in [9.17, 15) is 77.6 Å². The predicted molar refractivity (Wildman–Crippen MR) is 268 cm³/mol. The molecular formula is C47H70N12O18. The number of aromatic nitrogens is 1. The second-order valence-corrected chi connectivity index (χ2v) is 18.0. The lowest BCUT2D eigenvalue weighted by molar-refractivity contribution is -0.142. The van der Waals surface area contributed by atoms with E-state index in [2.05, 4.69) is 52.8 Å². The number of nitrogens with two attached hydrogens (primary N) is 2. The first-order chi connectivity index (χ1) is 36.2. The maximum atomic E-state index is 14.4. The van der Waals surface area contributed by atoms with Crippen LogP contribution in [0.25, 0.3) is 10.9 Å². The number of amides is 9. The van der Waals surface area contributed by atoms with Crippen LogP contribution < -0.4 is 59.3 Å². The van der Waals surface area contributed by atoms with Crippen molar-refractivity contribution in [3.63, 3.8) is 0 Å². The number of para-hydroxylation sites is 1. The minimum atomic E-state index is -1.98. The van der Waals surface area contributed by atoms with Crippen molar-refractivity contribution in [2.45, 2.75) is 140 Å². The van der Waals surface area contributed by atoms with E-state index in [1.165, 1.54) is 20.0 Å². The number of benzene rings is 1. The van der Waals surface area contributed by atoms with Gasteiger partial charge >= 0.3 is 23.9 Å². The first kappa shape index (κ1) is 64.9. The number of carbonyl (C=O) groups is 13. The highest BCUT2D eigenvalue weighted by molar-refractivity contribution is 5.99. The number of carboxylic acid groups (broad SMARTS) is 4. The Kier molecular flexibility index (Phi) is 27.2. The molecule has 30 heteroatoms. The van der Waals surface area contributed by atoms with E-state index in [4.69, 9.17) is 21.7 Å². The number of H-pyrrole nitrogens is 1. The van der Waals surface area contributed by atoms with E-state index >= 15 is 0 Å². The van der Waals surface area contributed by atoms with Crippen LogP contribution in [-0.4, -0.2) is 182 Å². The molecule has 77 heavy (non-hydrogen) atoms. The lowest BCUT2D eigenvalue weighted by Gasteiger charge is -2.29. The summed E-state index contributed by atoms with van der Waals surface area (Å²) in [6.45, 7) is 4.06. The highest BCUT2D eigenvalue weighted by atomic mass is 16.4. The van der Waals surface area contributed by atoms with E-state index in [1.54, 1.807) is 38.1 Å². The van der Waals surface area contributed by atoms with Gasteiger partial charge in [-0.15, -0.1) is 0 Å². The molecule has 426 valence electrons. The molecule has 0 radical (unpaired) electrons. The van der Waals surface area contributed by atoms with Gasteiger partial charge < -0.3 is 89.8 Å². The van der Waals surface area contributed by atoms with Crippen LogP contribution in [0.5, 0.6) is 0 Å². The van der Waals surface area contributed by atoms with E-state index in [-0.39, 0.29) is 32.2 Å².